The van der Waals surface area contributed by atoms with E-state index in [1.165, 1.54) is 13.8 Å². The van der Waals surface area contributed by atoms with Crippen LogP contribution in [0.4, 0.5) is 17.7 Å². The lowest BCUT2D eigenvalue weighted by Crippen LogP contribution is -2.50. The third-order valence-corrected chi connectivity index (χ3v) is 5.34. The Morgan fingerprint density at radius 2 is 1.62 bits per heavy atom. The van der Waals surface area contributed by atoms with Gasteiger partial charge >= 0.3 is 13.1 Å². The summed E-state index contributed by atoms with van der Waals surface area (Å²) in [6.07, 6.45) is 5.17. The number of hydrogen-bond donors (Lipinski definition) is 0. The summed E-state index contributed by atoms with van der Waals surface area (Å²) in [5, 5.41) is 0. The predicted octanol–water partition coefficient (Wildman–Crippen LogP) is 3.70. The molecule has 1 aromatic carbocycles. The Labute approximate surface area is 171 Å². The standard InChI is InChI=1S/C21H29BF3N2O2/c1-8-17-14(2)18(16(4)19(15(17)3)22(23,24)25)13-26-9-11-27(12-10-26)20(28)29-21(5,6)7/h1H,9-13H2,2-7H3/q-1. The minimum Gasteiger partial charge on any atom is -0.445 e. The van der Waals surface area contributed by atoms with Gasteiger partial charge < -0.3 is 22.6 Å². The van der Waals surface area contributed by atoms with E-state index in [2.05, 4.69) is 10.8 Å². The van der Waals surface area contributed by atoms with Gasteiger partial charge in [-0.2, -0.15) is 0 Å². The Bertz CT molecular complexity index is 831. The smallest absolute Gasteiger partial charge is 0.445 e. The van der Waals surface area contributed by atoms with Crippen LogP contribution in [0.2, 0.25) is 0 Å². The summed E-state index contributed by atoms with van der Waals surface area (Å²) < 4.78 is 46.5. The van der Waals surface area contributed by atoms with Gasteiger partial charge in [-0.25, -0.2) is 4.79 Å². The largest absolute Gasteiger partial charge is 0.510 e. The zero-order valence-electron chi connectivity index (χ0n) is 18.0. The number of benzene rings is 1. The highest BCUT2D eigenvalue weighted by Gasteiger charge is 2.33. The van der Waals surface area contributed by atoms with E-state index in [-0.39, 0.29) is 17.2 Å². The van der Waals surface area contributed by atoms with E-state index in [1.807, 2.05) is 20.8 Å². The average Bonchev–Trinajstić information content (AvgIpc) is 2.57. The highest BCUT2D eigenvalue weighted by molar-refractivity contribution is 6.74. The third-order valence-electron chi connectivity index (χ3n) is 5.34. The number of halogens is 3. The van der Waals surface area contributed by atoms with Gasteiger partial charge in [-0.05, 0) is 52.7 Å². The van der Waals surface area contributed by atoms with Crippen molar-refractivity contribution in [1.82, 2.24) is 9.80 Å². The van der Waals surface area contributed by atoms with Crippen LogP contribution in [0.15, 0.2) is 0 Å². The number of amides is 1. The summed E-state index contributed by atoms with van der Waals surface area (Å²) in [6.45, 7) is 7.46. The molecule has 0 unspecified atom stereocenters. The molecular weight excluding hydrogens is 380 g/mol. The quantitative estimate of drug-likeness (QED) is 0.564. The maximum Gasteiger partial charge on any atom is 0.510 e. The highest BCUT2D eigenvalue weighted by Crippen LogP contribution is 2.26. The molecule has 1 aliphatic heterocycles. The van der Waals surface area contributed by atoms with Gasteiger partial charge in [0.05, 0.1) is 0 Å². The van der Waals surface area contributed by atoms with Gasteiger partial charge in [0.1, 0.15) is 5.60 Å². The molecule has 1 fully saturated rings. The number of rotatable bonds is 3. The van der Waals surface area contributed by atoms with Crippen molar-refractivity contribution in [2.45, 2.75) is 53.7 Å². The van der Waals surface area contributed by atoms with Crippen molar-refractivity contribution in [3.8, 4) is 12.3 Å². The van der Waals surface area contributed by atoms with E-state index in [4.69, 9.17) is 11.2 Å². The number of carbonyl (C=O) groups is 1. The van der Waals surface area contributed by atoms with E-state index < -0.39 is 18.0 Å². The summed E-state index contributed by atoms with van der Waals surface area (Å²) in [4.78, 5) is 15.9. The van der Waals surface area contributed by atoms with E-state index in [9.17, 15) is 17.7 Å². The molecule has 0 atom stereocenters. The minimum atomic E-state index is -5.16. The van der Waals surface area contributed by atoms with Crippen molar-refractivity contribution in [1.29, 1.82) is 0 Å². The van der Waals surface area contributed by atoms with Crippen molar-refractivity contribution in [2.75, 3.05) is 26.2 Å². The zero-order valence-corrected chi connectivity index (χ0v) is 18.0. The van der Waals surface area contributed by atoms with Crippen LogP contribution in [0.3, 0.4) is 0 Å². The summed E-state index contributed by atoms with van der Waals surface area (Å²) in [5.41, 5.74) is 0.920. The maximum atomic E-state index is 13.7. The molecule has 29 heavy (non-hydrogen) atoms. The molecular formula is C21H29BF3N2O2-. The number of terminal acetylenes is 1. The summed E-state index contributed by atoms with van der Waals surface area (Å²) in [6, 6.07) is 0. The number of ether oxygens (including phenoxy) is 1. The first-order chi connectivity index (χ1) is 13.3. The second-order valence-corrected chi connectivity index (χ2v) is 8.60. The minimum absolute atomic E-state index is 0.133. The van der Waals surface area contributed by atoms with Gasteiger partial charge in [0.15, 0.2) is 0 Å². The van der Waals surface area contributed by atoms with Gasteiger partial charge in [-0.3, -0.25) is 4.90 Å². The zero-order chi connectivity index (χ0) is 22.1. The number of nitrogens with zero attached hydrogens (tertiary/aromatic N) is 2. The molecule has 4 nitrogen and oxygen atoms in total. The molecule has 0 spiro atoms. The third kappa shape index (κ3) is 5.27. The van der Waals surface area contributed by atoms with Gasteiger partial charge in [0.2, 0.25) is 0 Å². The van der Waals surface area contributed by atoms with Crippen LogP contribution in [0, 0.1) is 33.1 Å². The second kappa shape index (κ2) is 8.31. The Hall–Kier alpha value is -2.14. The Kier molecular flexibility index (Phi) is 6.63. The molecule has 1 amide bonds. The number of carbonyl (C=O) groups excluding carboxylic acids is 1. The van der Waals surface area contributed by atoms with E-state index >= 15 is 0 Å². The van der Waals surface area contributed by atoms with Gasteiger partial charge in [-0.15, -0.1) is 11.9 Å². The second-order valence-electron chi connectivity index (χ2n) is 8.60. The molecule has 0 N–H and O–H groups in total. The first kappa shape index (κ1) is 23.1. The summed E-state index contributed by atoms with van der Waals surface area (Å²) in [5.74, 6) is 2.45. The fourth-order valence-electron chi connectivity index (χ4n) is 3.88. The van der Waals surface area contributed by atoms with Crippen LogP contribution in [0.25, 0.3) is 0 Å². The lowest BCUT2D eigenvalue weighted by Gasteiger charge is -2.36. The first-order valence-electron chi connectivity index (χ1n) is 9.75. The average molecular weight is 409 g/mol. The van der Waals surface area contributed by atoms with E-state index in [0.29, 0.717) is 43.9 Å². The molecule has 0 radical (unpaired) electrons. The summed E-state index contributed by atoms with van der Waals surface area (Å²) in [7, 11) is 0. The van der Waals surface area contributed by atoms with Gasteiger partial charge in [-0.1, -0.05) is 17.0 Å². The molecule has 1 aromatic rings. The van der Waals surface area contributed by atoms with Crippen LogP contribution in [-0.2, 0) is 11.3 Å². The molecule has 0 bridgehead atoms. The molecule has 8 heteroatoms. The summed E-state index contributed by atoms with van der Waals surface area (Å²) >= 11 is 0. The number of hydrogen-bond acceptors (Lipinski definition) is 3. The van der Waals surface area contributed by atoms with Gasteiger partial charge in [0, 0.05) is 38.3 Å². The topological polar surface area (TPSA) is 32.8 Å². The van der Waals surface area contributed by atoms with E-state index in [1.54, 1.807) is 11.8 Å². The molecule has 1 heterocycles. The van der Waals surface area contributed by atoms with Crippen molar-refractivity contribution in [2.24, 2.45) is 0 Å². The molecule has 1 saturated heterocycles. The molecule has 1 aliphatic rings. The van der Waals surface area contributed by atoms with Crippen molar-refractivity contribution >= 4 is 18.5 Å². The fourth-order valence-corrected chi connectivity index (χ4v) is 3.88. The van der Waals surface area contributed by atoms with Crippen LogP contribution >= 0.6 is 0 Å². The predicted molar refractivity (Wildman–Crippen MR) is 110 cm³/mol. The molecule has 0 saturated carbocycles. The fraction of sp³-hybridized carbons (Fsp3) is 0.571. The Morgan fingerprint density at radius 3 is 2.07 bits per heavy atom. The maximum absolute atomic E-state index is 13.7. The molecule has 160 valence electrons. The molecule has 2 rings (SSSR count). The number of piperazine rings is 1. The highest BCUT2D eigenvalue weighted by atomic mass is 19.4. The lowest BCUT2D eigenvalue weighted by atomic mass is 9.70. The molecule has 0 aromatic heterocycles. The van der Waals surface area contributed by atoms with Crippen molar-refractivity contribution in [3.05, 3.63) is 27.8 Å². The van der Waals surface area contributed by atoms with Crippen LogP contribution in [-0.4, -0.2) is 54.7 Å². The van der Waals surface area contributed by atoms with Crippen molar-refractivity contribution in [3.63, 3.8) is 0 Å². The normalized spacial score (nSPS) is 15.9. The Balaban J connectivity index is 2.22. The van der Waals surface area contributed by atoms with Crippen LogP contribution in [0.5, 0.6) is 0 Å². The monoisotopic (exact) mass is 409 g/mol. The SMILES string of the molecule is C#Cc1c(C)c(CN2CCN(C(=O)OC(C)(C)C)CC2)c(C)c([B-](F)(F)F)c1C. The molecule has 0 aliphatic carbocycles. The van der Waals surface area contributed by atoms with Crippen LogP contribution in [0.1, 0.15) is 48.6 Å². The first-order valence-corrected chi connectivity index (χ1v) is 9.75. The van der Waals surface area contributed by atoms with Crippen LogP contribution < -0.4 is 5.46 Å². The Morgan fingerprint density at radius 1 is 1.07 bits per heavy atom. The van der Waals surface area contributed by atoms with Crippen molar-refractivity contribution < 1.29 is 22.5 Å². The lowest BCUT2D eigenvalue weighted by molar-refractivity contribution is 0.0138. The van der Waals surface area contributed by atoms with E-state index in [0.717, 1.165) is 5.56 Å². The van der Waals surface area contributed by atoms with Gasteiger partial charge in [0.25, 0.3) is 0 Å².